The Balaban J connectivity index is 1.37. The van der Waals surface area contributed by atoms with Crippen molar-refractivity contribution < 1.29 is 33.2 Å². The van der Waals surface area contributed by atoms with Crippen molar-refractivity contribution in [3.63, 3.8) is 0 Å². The number of rotatable bonds is 9. The van der Waals surface area contributed by atoms with Crippen molar-refractivity contribution in [1.29, 1.82) is 0 Å². The second-order valence-corrected chi connectivity index (χ2v) is 10.0. The van der Waals surface area contributed by atoms with Crippen LogP contribution in [0.15, 0.2) is 42.9 Å². The molecule has 1 unspecified atom stereocenters. The standard InChI is InChI=1S/C27H28FN9O5/c1-14(2)36-12-18(26(40)37(27(36)41)17-10-30-35(4)11-17)25(39)32-16-5-6-20(19(28)9-16)42-21-7-8-29-23-22(21)24(34-33-23)31-15(3)13-38/h5-12,14-15,18,38H,13H2,1-4H3,(H2-,29,31,32,33,34,39)/p+1/t15-,18?/m1/s1. The summed E-state index contributed by atoms with van der Waals surface area (Å²) in [6.45, 7) is 5.13. The minimum Gasteiger partial charge on any atom is -0.453 e. The number of amides is 4. The van der Waals surface area contributed by atoms with Gasteiger partial charge >= 0.3 is 11.9 Å². The van der Waals surface area contributed by atoms with E-state index in [-0.39, 0.29) is 41.6 Å². The maximum atomic E-state index is 15.2. The minimum atomic E-state index is -1.36. The number of nitrogens with zero attached hydrogens (tertiary/aromatic N) is 6. The Morgan fingerprint density at radius 2 is 2.02 bits per heavy atom. The first-order valence-electron chi connectivity index (χ1n) is 13.1. The third-order valence-electron chi connectivity index (χ3n) is 6.50. The average Bonchev–Trinajstić information content (AvgIpc) is 3.56. The van der Waals surface area contributed by atoms with Crippen molar-refractivity contribution in [2.45, 2.75) is 32.9 Å². The second kappa shape index (κ2) is 11.4. The molecule has 0 saturated carbocycles. The highest BCUT2D eigenvalue weighted by Crippen LogP contribution is 2.34. The number of halogens is 1. The maximum absolute atomic E-state index is 15.2. The summed E-state index contributed by atoms with van der Waals surface area (Å²) in [6.07, 6.45) is 5.59. The molecule has 1 aliphatic heterocycles. The fourth-order valence-corrected chi connectivity index (χ4v) is 4.36. The molecule has 0 bridgehead atoms. The largest absolute Gasteiger partial charge is 0.506 e. The Labute approximate surface area is 238 Å². The van der Waals surface area contributed by atoms with Crippen LogP contribution in [0.1, 0.15) is 20.8 Å². The number of nitrogens with one attached hydrogen (secondary N) is 3. The second-order valence-electron chi connectivity index (χ2n) is 10.0. The Kier molecular flexibility index (Phi) is 7.67. The van der Waals surface area contributed by atoms with Gasteiger partial charge in [-0.3, -0.25) is 14.6 Å². The molecule has 4 N–H and O–H groups in total. The van der Waals surface area contributed by atoms with Gasteiger partial charge in [0.25, 0.3) is 0 Å². The van der Waals surface area contributed by atoms with Gasteiger partial charge in [-0.05, 0) is 32.9 Å². The number of ether oxygens (including phenoxy) is 1. The predicted octanol–water partition coefficient (Wildman–Crippen LogP) is 2.63. The Bertz CT molecular complexity index is 1710. The van der Waals surface area contributed by atoms with Crippen LogP contribution in [0.2, 0.25) is 0 Å². The molecule has 0 saturated heterocycles. The summed E-state index contributed by atoms with van der Waals surface area (Å²) in [6, 6.07) is 4.11. The van der Waals surface area contributed by atoms with E-state index >= 15 is 4.39 Å². The molecule has 15 heteroatoms. The van der Waals surface area contributed by atoms with Crippen LogP contribution in [0.4, 0.5) is 26.4 Å². The number of urea groups is 1. The number of aromatic nitrogens is 5. The lowest BCUT2D eigenvalue weighted by molar-refractivity contribution is -0.459. The first kappa shape index (κ1) is 28.4. The van der Waals surface area contributed by atoms with Crippen LogP contribution in [0.5, 0.6) is 11.5 Å². The number of pyridine rings is 1. The number of hydrogen-bond acceptors (Lipinski definition) is 9. The van der Waals surface area contributed by atoms with E-state index in [4.69, 9.17) is 4.74 Å². The van der Waals surface area contributed by atoms with E-state index in [9.17, 15) is 19.5 Å². The molecule has 0 radical (unpaired) electrons. The topological polar surface area (TPSA) is 170 Å². The summed E-state index contributed by atoms with van der Waals surface area (Å²) in [4.78, 5) is 44.7. The lowest BCUT2D eigenvalue weighted by Crippen LogP contribution is -2.55. The summed E-state index contributed by atoms with van der Waals surface area (Å²) in [5.41, 5.74) is 0.699. The third kappa shape index (κ3) is 5.41. The molecule has 1 aromatic carbocycles. The zero-order chi connectivity index (χ0) is 30.1. The number of aryl methyl sites for hydroxylation is 1. The van der Waals surface area contributed by atoms with Gasteiger partial charge in [-0.25, -0.2) is 14.2 Å². The van der Waals surface area contributed by atoms with E-state index in [1.807, 2.05) is 0 Å². The Morgan fingerprint density at radius 3 is 2.69 bits per heavy atom. The van der Waals surface area contributed by atoms with Gasteiger partial charge in [-0.2, -0.15) is 19.6 Å². The summed E-state index contributed by atoms with van der Waals surface area (Å²) < 4.78 is 23.8. The third-order valence-corrected chi connectivity index (χ3v) is 6.50. The average molecular weight is 579 g/mol. The first-order valence-corrected chi connectivity index (χ1v) is 13.1. The van der Waals surface area contributed by atoms with Crippen LogP contribution >= 0.6 is 0 Å². The fraction of sp³-hybridized carbons (Fsp3) is 0.296. The van der Waals surface area contributed by atoms with Crippen molar-refractivity contribution in [3.8, 4) is 11.5 Å². The van der Waals surface area contributed by atoms with Gasteiger partial charge in [-0.15, -0.1) is 4.90 Å². The van der Waals surface area contributed by atoms with Crippen LogP contribution in [0, 0.1) is 11.7 Å². The van der Waals surface area contributed by atoms with Gasteiger partial charge in [0.15, 0.2) is 34.6 Å². The Morgan fingerprint density at radius 1 is 1.24 bits per heavy atom. The van der Waals surface area contributed by atoms with Crippen molar-refractivity contribution in [3.05, 3.63) is 48.7 Å². The van der Waals surface area contributed by atoms with Crippen LogP contribution in [-0.4, -0.2) is 77.4 Å². The minimum absolute atomic E-state index is 0.0780. The predicted molar refractivity (Wildman–Crippen MR) is 150 cm³/mol. The van der Waals surface area contributed by atoms with E-state index in [2.05, 4.69) is 30.9 Å². The van der Waals surface area contributed by atoms with Gasteiger partial charge in [0, 0.05) is 37.1 Å². The maximum Gasteiger partial charge on any atom is 0.506 e. The molecule has 1 aliphatic rings. The molecule has 3 aromatic heterocycles. The van der Waals surface area contributed by atoms with E-state index in [1.165, 1.54) is 46.2 Å². The molecule has 0 spiro atoms. The number of imide groups is 1. The number of carbonyl (C=O) groups excluding carboxylic acids is 3. The highest BCUT2D eigenvalue weighted by Gasteiger charge is 2.48. The zero-order valence-electron chi connectivity index (χ0n) is 23.2. The fourth-order valence-electron chi connectivity index (χ4n) is 4.36. The molecular weight excluding hydrogens is 549 g/mol. The smallest absolute Gasteiger partial charge is 0.453 e. The quantitative estimate of drug-likeness (QED) is 0.172. The molecule has 2 atom stereocenters. The van der Waals surface area contributed by atoms with Gasteiger partial charge in [0.05, 0.1) is 31.3 Å². The molecule has 4 aromatic rings. The van der Waals surface area contributed by atoms with Gasteiger partial charge < -0.3 is 20.5 Å². The summed E-state index contributed by atoms with van der Waals surface area (Å²) in [5, 5.41) is 26.4. The molecule has 42 heavy (non-hydrogen) atoms. The molecule has 5 rings (SSSR count). The van der Waals surface area contributed by atoms with Crippen LogP contribution in [0.3, 0.4) is 0 Å². The number of fused-ring (bicyclic) bond motifs is 1. The van der Waals surface area contributed by atoms with E-state index in [0.29, 0.717) is 16.9 Å². The van der Waals surface area contributed by atoms with Crippen molar-refractivity contribution >= 4 is 52.3 Å². The van der Waals surface area contributed by atoms with E-state index in [1.54, 1.807) is 33.9 Å². The number of H-pyrrole nitrogens is 1. The number of benzene rings is 1. The van der Waals surface area contributed by atoms with Crippen LogP contribution in [0.25, 0.3) is 11.0 Å². The van der Waals surface area contributed by atoms with Crippen LogP contribution in [-0.2, 0) is 16.6 Å². The lowest BCUT2D eigenvalue weighted by atomic mass is 10.1. The molecule has 218 valence electrons. The SMILES string of the molecule is CC(C)[N+]1=CC(C(=O)Nc2ccc(Oc3ccnc4[nH]nc(N[C@H](C)CO)c34)c(F)c2)C(=O)N(c2cnn(C)c2)C1=O. The number of aliphatic hydroxyl groups is 1. The number of hydrogen-bond donors (Lipinski definition) is 4. The van der Waals surface area contributed by atoms with Gasteiger partial charge in [-0.1, -0.05) is 0 Å². The van der Waals surface area contributed by atoms with Crippen molar-refractivity contribution in [1.82, 2.24) is 25.0 Å². The zero-order valence-corrected chi connectivity index (χ0v) is 23.2. The summed E-state index contributed by atoms with van der Waals surface area (Å²) in [7, 11) is 1.64. The molecular formula is C27H29FN9O5+. The summed E-state index contributed by atoms with van der Waals surface area (Å²) in [5.74, 6) is -3.15. The normalized spacial score (nSPS) is 16.1. The molecule has 14 nitrogen and oxygen atoms in total. The van der Waals surface area contributed by atoms with Crippen molar-refractivity contribution in [2.24, 2.45) is 13.0 Å². The molecule has 0 aliphatic carbocycles. The number of aliphatic hydroxyl groups excluding tert-OH is 1. The number of aromatic amines is 1. The lowest BCUT2D eigenvalue weighted by Gasteiger charge is -2.23. The Hall–Kier alpha value is -5.18. The van der Waals surface area contributed by atoms with E-state index in [0.717, 1.165) is 11.0 Å². The van der Waals surface area contributed by atoms with Crippen LogP contribution < -0.4 is 20.3 Å². The summed E-state index contributed by atoms with van der Waals surface area (Å²) >= 11 is 0. The molecule has 4 amide bonds. The van der Waals surface area contributed by atoms with Crippen molar-refractivity contribution in [2.75, 3.05) is 22.1 Å². The monoisotopic (exact) mass is 578 g/mol. The van der Waals surface area contributed by atoms with Gasteiger partial charge in [0.1, 0.15) is 11.1 Å². The number of carbonyl (C=O) groups is 3. The highest BCUT2D eigenvalue weighted by molar-refractivity contribution is 6.28. The number of anilines is 3. The molecule has 4 heterocycles. The van der Waals surface area contributed by atoms with Gasteiger partial charge in [0.2, 0.25) is 5.91 Å². The van der Waals surface area contributed by atoms with E-state index < -0.39 is 29.6 Å². The molecule has 0 fully saturated rings. The first-order chi connectivity index (χ1) is 20.1. The highest BCUT2D eigenvalue weighted by atomic mass is 19.1.